The summed E-state index contributed by atoms with van der Waals surface area (Å²) in [5.74, 6) is -0.980. The SMILES string of the molecule is Cc1cc(-c2cc3c(cn2)Sc2ncccc2CN[C@@H](CCCN)C(=O)N[C@@H](CCCCN)C(=O)N(C)[C@@H](Cc2c[nH]c4ccccc24)C(=O)NC3)ccn1. The first kappa shape index (κ1) is 39.5. The van der Waals surface area contributed by atoms with E-state index in [4.69, 9.17) is 21.4 Å². The molecule has 288 valence electrons. The van der Waals surface area contributed by atoms with Gasteiger partial charge in [-0.2, -0.15) is 0 Å². The summed E-state index contributed by atoms with van der Waals surface area (Å²) in [6, 6.07) is 15.2. The Hall–Kier alpha value is -5.15. The molecule has 1 aliphatic rings. The Morgan fingerprint density at radius 2 is 1.67 bits per heavy atom. The maximum Gasteiger partial charge on any atom is 0.245 e. The van der Waals surface area contributed by atoms with Crippen molar-refractivity contribution in [3.05, 3.63) is 102 Å². The number of likely N-dealkylation sites (N-methyl/N-ethyl adjacent to an activating group) is 1. The predicted molar refractivity (Wildman–Crippen MR) is 215 cm³/mol. The van der Waals surface area contributed by atoms with E-state index in [1.807, 2.05) is 67.7 Å². The minimum absolute atomic E-state index is 0.172. The summed E-state index contributed by atoms with van der Waals surface area (Å²) in [5.41, 5.74) is 17.8. The van der Waals surface area contributed by atoms with Crippen molar-refractivity contribution >= 4 is 40.4 Å². The lowest BCUT2D eigenvalue weighted by Gasteiger charge is -2.32. The largest absolute Gasteiger partial charge is 0.361 e. The fraction of sp³-hybridized carbons (Fsp3) is 0.366. The van der Waals surface area contributed by atoms with Gasteiger partial charge in [-0.1, -0.05) is 36.0 Å². The number of H-pyrrole nitrogens is 1. The van der Waals surface area contributed by atoms with E-state index >= 15 is 0 Å². The Morgan fingerprint density at radius 3 is 2.49 bits per heavy atom. The number of pyridine rings is 3. The number of unbranched alkanes of at least 4 members (excludes halogenated alkanes) is 1. The molecule has 5 aromatic rings. The summed E-state index contributed by atoms with van der Waals surface area (Å²) in [6.45, 7) is 3.33. The van der Waals surface area contributed by atoms with Gasteiger partial charge in [-0.15, -0.1) is 0 Å². The maximum absolute atomic E-state index is 14.5. The number of nitrogens with one attached hydrogen (secondary N) is 4. The Kier molecular flexibility index (Phi) is 13.6. The van der Waals surface area contributed by atoms with E-state index in [0.29, 0.717) is 51.7 Å². The minimum Gasteiger partial charge on any atom is -0.361 e. The number of aryl methyl sites for hydroxylation is 1. The van der Waals surface area contributed by atoms with Gasteiger partial charge in [-0.3, -0.25) is 24.4 Å². The van der Waals surface area contributed by atoms with E-state index in [1.165, 1.54) is 16.7 Å². The fourth-order valence-corrected chi connectivity index (χ4v) is 7.81. The van der Waals surface area contributed by atoms with Gasteiger partial charge in [0.1, 0.15) is 17.1 Å². The summed E-state index contributed by atoms with van der Waals surface area (Å²) in [6.07, 6.45) is 10.2. The molecule has 0 saturated heterocycles. The first-order chi connectivity index (χ1) is 26.7. The number of para-hydroxylation sites is 1. The molecule has 0 saturated carbocycles. The number of rotatable bonds is 10. The van der Waals surface area contributed by atoms with Gasteiger partial charge in [-0.25, -0.2) is 4.98 Å². The van der Waals surface area contributed by atoms with Gasteiger partial charge < -0.3 is 37.3 Å². The van der Waals surface area contributed by atoms with E-state index in [1.54, 1.807) is 25.6 Å². The Balaban J connectivity index is 1.42. The third-order valence-electron chi connectivity index (χ3n) is 9.97. The van der Waals surface area contributed by atoms with Gasteiger partial charge in [0.2, 0.25) is 17.7 Å². The highest BCUT2D eigenvalue weighted by Crippen LogP contribution is 2.33. The van der Waals surface area contributed by atoms with Crippen LogP contribution < -0.4 is 27.4 Å². The molecule has 13 nitrogen and oxygen atoms in total. The van der Waals surface area contributed by atoms with Crippen molar-refractivity contribution in [2.75, 3.05) is 20.1 Å². The van der Waals surface area contributed by atoms with Crippen molar-refractivity contribution in [2.24, 2.45) is 11.5 Å². The van der Waals surface area contributed by atoms with Crippen molar-refractivity contribution < 1.29 is 14.4 Å². The third-order valence-corrected chi connectivity index (χ3v) is 11.1. The molecule has 0 unspecified atom stereocenters. The molecule has 8 N–H and O–H groups in total. The first-order valence-electron chi connectivity index (χ1n) is 18.8. The molecule has 14 heteroatoms. The van der Waals surface area contributed by atoms with Crippen LogP contribution in [0.5, 0.6) is 0 Å². The summed E-state index contributed by atoms with van der Waals surface area (Å²) < 4.78 is 0. The lowest BCUT2D eigenvalue weighted by atomic mass is 10.0. The van der Waals surface area contributed by atoms with Gasteiger partial charge >= 0.3 is 0 Å². The number of carbonyl (C=O) groups is 3. The molecule has 0 spiro atoms. The van der Waals surface area contributed by atoms with Gasteiger partial charge in [0.05, 0.1) is 11.7 Å². The molecular formula is C41H50N10O3S. The first-order valence-corrected chi connectivity index (χ1v) is 19.6. The van der Waals surface area contributed by atoms with Crippen molar-refractivity contribution in [2.45, 2.75) is 86.6 Å². The number of benzene rings is 1. The highest BCUT2D eigenvalue weighted by Gasteiger charge is 2.34. The number of aromatic nitrogens is 4. The summed E-state index contributed by atoms with van der Waals surface area (Å²) >= 11 is 1.45. The van der Waals surface area contributed by atoms with Crippen LogP contribution in [-0.2, 0) is 33.9 Å². The van der Waals surface area contributed by atoms with E-state index in [2.05, 4.69) is 25.9 Å². The number of hydrogen-bond acceptors (Lipinski definition) is 10. The number of carbonyl (C=O) groups excluding carboxylic acids is 3. The van der Waals surface area contributed by atoms with Crippen molar-refractivity contribution in [1.29, 1.82) is 0 Å². The zero-order chi connectivity index (χ0) is 38.7. The molecule has 3 amide bonds. The predicted octanol–water partition coefficient (Wildman–Crippen LogP) is 3.99. The van der Waals surface area contributed by atoms with E-state index in [9.17, 15) is 14.4 Å². The number of nitrogens with two attached hydrogens (primary N) is 2. The molecule has 0 aliphatic carbocycles. The second-order valence-electron chi connectivity index (χ2n) is 13.9. The lowest BCUT2D eigenvalue weighted by Crippen LogP contribution is -2.57. The van der Waals surface area contributed by atoms with Crippen LogP contribution in [0.3, 0.4) is 0 Å². The normalized spacial score (nSPS) is 18.7. The quantitative estimate of drug-likeness (QED) is 0.113. The Bertz CT molecular complexity index is 2110. The Labute approximate surface area is 325 Å². The number of nitrogens with zero attached hydrogens (tertiary/aromatic N) is 4. The monoisotopic (exact) mass is 762 g/mol. The molecule has 1 aliphatic heterocycles. The molecule has 6 rings (SSSR count). The van der Waals surface area contributed by atoms with E-state index in [0.717, 1.165) is 54.5 Å². The molecule has 0 radical (unpaired) electrons. The third kappa shape index (κ3) is 9.94. The van der Waals surface area contributed by atoms with Crippen LogP contribution in [0, 0.1) is 6.92 Å². The molecule has 0 fully saturated rings. The van der Waals surface area contributed by atoms with Gasteiger partial charge in [0.25, 0.3) is 0 Å². The van der Waals surface area contributed by atoms with Crippen LogP contribution in [0.15, 0.2) is 89.3 Å². The Morgan fingerprint density at radius 1 is 0.855 bits per heavy atom. The van der Waals surface area contributed by atoms with Crippen LogP contribution in [0.2, 0.25) is 0 Å². The van der Waals surface area contributed by atoms with Crippen LogP contribution in [-0.4, -0.2) is 80.8 Å². The number of hydrogen-bond donors (Lipinski definition) is 6. The van der Waals surface area contributed by atoms with E-state index in [-0.39, 0.29) is 30.7 Å². The summed E-state index contributed by atoms with van der Waals surface area (Å²) in [7, 11) is 1.64. The molecule has 4 aromatic heterocycles. The van der Waals surface area contributed by atoms with Crippen LogP contribution in [0.25, 0.3) is 22.2 Å². The lowest BCUT2D eigenvalue weighted by molar-refractivity contribution is -0.142. The molecule has 1 aromatic carbocycles. The smallest absolute Gasteiger partial charge is 0.245 e. The number of aromatic amines is 1. The van der Waals surface area contributed by atoms with Crippen LogP contribution >= 0.6 is 11.8 Å². The maximum atomic E-state index is 14.5. The summed E-state index contributed by atoms with van der Waals surface area (Å²) in [5, 5.41) is 11.4. The minimum atomic E-state index is -0.898. The fourth-order valence-electron chi connectivity index (χ4n) is 6.85. The average molecular weight is 763 g/mol. The molecule has 5 heterocycles. The van der Waals surface area contributed by atoms with E-state index < -0.39 is 18.1 Å². The molecule has 0 bridgehead atoms. The van der Waals surface area contributed by atoms with Crippen LogP contribution in [0.1, 0.15) is 54.5 Å². The zero-order valence-corrected chi connectivity index (χ0v) is 32.2. The van der Waals surface area contributed by atoms with Gasteiger partial charge in [0, 0.05) is 78.4 Å². The summed E-state index contributed by atoms with van der Waals surface area (Å²) in [4.78, 5) is 62.5. The average Bonchev–Trinajstić information content (AvgIpc) is 3.61. The second-order valence-corrected chi connectivity index (χ2v) is 14.9. The van der Waals surface area contributed by atoms with Gasteiger partial charge in [-0.05, 0) is 99.1 Å². The van der Waals surface area contributed by atoms with Gasteiger partial charge in [0.15, 0.2) is 0 Å². The highest BCUT2D eigenvalue weighted by atomic mass is 32.2. The second kappa shape index (κ2) is 18.9. The molecular weight excluding hydrogens is 713 g/mol. The van der Waals surface area contributed by atoms with Crippen molar-refractivity contribution in [3.8, 4) is 11.3 Å². The van der Waals surface area contributed by atoms with Crippen LogP contribution in [0.4, 0.5) is 0 Å². The standard InChI is InChI=1S/C41H50N10O3S/c1-26-19-27(14-18-44-26)35-20-30-24-49-39(53)36(21-29-23-46-32-11-4-3-10-31(29)32)51(2)41(54)34(12-5-6-15-42)50-38(52)33(13-7-16-43)47-22-28-9-8-17-45-40(28)55-37(30)25-48-35/h3-4,8-11,14,17-20,23,25,33-34,36,46-47H,5-7,12-13,15-16,21-22,24,42-43H2,1-2H3,(H,49,53)(H,50,52)/t33-,34-,36-/m0/s1. The topological polar surface area (TPSA) is 197 Å². The molecule has 3 atom stereocenters. The zero-order valence-electron chi connectivity index (χ0n) is 31.4. The van der Waals surface area contributed by atoms with Crippen molar-refractivity contribution in [1.82, 2.24) is 40.8 Å². The highest BCUT2D eigenvalue weighted by molar-refractivity contribution is 7.99. The number of amides is 3. The number of fused-ring (bicyclic) bond motifs is 3. The van der Waals surface area contributed by atoms with Crippen molar-refractivity contribution in [3.63, 3.8) is 0 Å². The molecule has 55 heavy (non-hydrogen) atoms.